The first-order chi connectivity index (χ1) is 9.20. The fourth-order valence-corrected chi connectivity index (χ4v) is 3.63. The Bertz CT molecular complexity index is 379. The Morgan fingerprint density at radius 3 is 2.47 bits per heavy atom. The number of aromatic nitrogens is 1. The van der Waals surface area contributed by atoms with Gasteiger partial charge in [0.05, 0.1) is 5.69 Å². The van der Waals surface area contributed by atoms with Crippen molar-refractivity contribution in [2.24, 2.45) is 0 Å². The first-order valence-electron chi connectivity index (χ1n) is 7.67. The molecular formula is C15H27N3S. The molecule has 0 aliphatic carbocycles. The molecule has 1 aliphatic heterocycles. The van der Waals surface area contributed by atoms with Crippen molar-refractivity contribution in [1.29, 1.82) is 0 Å². The summed E-state index contributed by atoms with van der Waals surface area (Å²) in [5.74, 6) is 0. The van der Waals surface area contributed by atoms with E-state index < -0.39 is 0 Å². The van der Waals surface area contributed by atoms with E-state index in [0.29, 0.717) is 6.04 Å². The summed E-state index contributed by atoms with van der Waals surface area (Å²) in [6.45, 7) is 9.94. The minimum absolute atomic E-state index is 0.536. The zero-order chi connectivity index (χ0) is 13.7. The summed E-state index contributed by atoms with van der Waals surface area (Å²) < 4.78 is 0. The first kappa shape index (κ1) is 14.8. The van der Waals surface area contributed by atoms with Crippen molar-refractivity contribution in [2.45, 2.75) is 65.5 Å². The van der Waals surface area contributed by atoms with Crippen LogP contribution in [0.2, 0.25) is 0 Å². The Kier molecular flexibility index (Phi) is 5.64. The van der Waals surface area contributed by atoms with Crippen molar-refractivity contribution >= 4 is 16.5 Å². The van der Waals surface area contributed by atoms with Gasteiger partial charge in [-0.05, 0) is 19.3 Å². The Morgan fingerprint density at radius 1 is 1.21 bits per heavy atom. The second-order valence-electron chi connectivity index (χ2n) is 5.66. The molecule has 0 atom stereocenters. The van der Waals surface area contributed by atoms with Gasteiger partial charge in [-0.1, -0.05) is 33.6 Å². The van der Waals surface area contributed by atoms with Gasteiger partial charge < -0.3 is 10.2 Å². The summed E-state index contributed by atoms with van der Waals surface area (Å²) in [5.41, 5.74) is 1.29. The topological polar surface area (TPSA) is 28.2 Å². The van der Waals surface area contributed by atoms with Crippen LogP contribution in [0.1, 0.15) is 57.0 Å². The van der Waals surface area contributed by atoms with Crippen LogP contribution >= 0.6 is 11.3 Å². The zero-order valence-corrected chi connectivity index (χ0v) is 13.4. The molecule has 0 bridgehead atoms. The lowest BCUT2D eigenvalue weighted by Crippen LogP contribution is -2.23. The monoisotopic (exact) mass is 281 g/mol. The molecule has 1 N–H and O–H groups in total. The summed E-state index contributed by atoms with van der Waals surface area (Å²) in [7, 11) is 0. The SMILES string of the molecule is CCc1nc(N2CCCCCC2)sc1CNC(C)C. The number of aryl methyl sites for hydroxylation is 1. The van der Waals surface area contributed by atoms with Crippen LogP contribution in [-0.2, 0) is 13.0 Å². The van der Waals surface area contributed by atoms with Crippen LogP contribution in [0.25, 0.3) is 0 Å². The van der Waals surface area contributed by atoms with Crippen LogP contribution in [0, 0.1) is 0 Å². The molecule has 0 radical (unpaired) electrons. The molecule has 3 nitrogen and oxygen atoms in total. The molecule has 4 heteroatoms. The van der Waals surface area contributed by atoms with E-state index in [-0.39, 0.29) is 0 Å². The molecule has 1 aliphatic rings. The molecule has 1 fully saturated rings. The molecule has 19 heavy (non-hydrogen) atoms. The van der Waals surface area contributed by atoms with Crippen molar-refractivity contribution < 1.29 is 0 Å². The van der Waals surface area contributed by atoms with Gasteiger partial charge in [0.15, 0.2) is 5.13 Å². The second-order valence-corrected chi connectivity index (χ2v) is 6.72. The molecule has 0 aromatic carbocycles. The molecule has 1 saturated heterocycles. The molecule has 0 amide bonds. The van der Waals surface area contributed by atoms with Gasteiger partial charge in [0.2, 0.25) is 0 Å². The molecule has 1 aromatic heterocycles. The Hall–Kier alpha value is -0.610. The van der Waals surface area contributed by atoms with E-state index in [1.807, 2.05) is 11.3 Å². The minimum Gasteiger partial charge on any atom is -0.348 e. The van der Waals surface area contributed by atoms with E-state index >= 15 is 0 Å². The largest absolute Gasteiger partial charge is 0.348 e. The average molecular weight is 281 g/mol. The summed E-state index contributed by atoms with van der Waals surface area (Å²) in [4.78, 5) is 8.80. The first-order valence-corrected chi connectivity index (χ1v) is 8.49. The fourth-order valence-electron chi connectivity index (χ4n) is 2.48. The summed E-state index contributed by atoms with van der Waals surface area (Å²) in [6.07, 6.45) is 6.44. The van der Waals surface area contributed by atoms with E-state index in [1.54, 1.807) is 0 Å². The van der Waals surface area contributed by atoms with Crippen LogP contribution in [0.3, 0.4) is 0 Å². The van der Waals surface area contributed by atoms with Crippen LogP contribution in [0.5, 0.6) is 0 Å². The molecule has 0 saturated carbocycles. The molecule has 2 rings (SSSR count). The van der Waals surface area contributed by atoms with Crippen molar-refractivity contribution in [1.82, 2.24) is 10.3 Å². The lowest BCUT2D eigenvalue weighted by atomic mass is 10.2. The van der Waals surface area contributed by atoms with Crippen molar-refractivity contribution in [2.75, 3.05) is 18.0 Å². The number of anilines is 1. The standard InChI is InChI=1S/C15H27N3S/c1-4-13-14(11-16-12(2)3)19-15(17-13)18-9-7-5-6-8-10-18/h12,16H,4-11H2,1-3H3. The predicted octanol–water partition coefficient (Wildman–Crippen LogP) is 3.58. The summed E-state index contributed by atoms with van der Waals surface area (Å²) >= 11 is 1.89. The molecule has 0 unspecified atom stereocenters. The lowest BCUT2D eigenvalue weighted by Gasteiger charge is -2.18. The molecule has 1 aromatic rings. The van der Waals surface area contributed by atoms with Gasteiger partial charge >= 0.3 is 0 Å². The van der Waals surface area contributed by atoms with Crippen LogP contribution in [0.15, 0.2) is 0 Å². The highest BCUT2D eigenvalue weighted by molar-refractivity contribution is 7.15. The number of rotatable bonds is 5. The molecule has 108 valence electrons. The number of hydrogen-bond acceptors (Lipinski definition) is 4. The molecule has 0 spiro atoms. The highest BCUT2D eigenvalue weighted by Crippen LogP contribution is 2.28. The van der Waals surface area contributed by atoms with Gasteiger partial charge in [-0.3, -0.25) is 0 Å². The van der Waals surface area contributed by atoms with Crippen molar-refractivity contribution in [3.8, 4) is 0 Å². The average Bonchev–Trinajstić information content (AvgIpc) is 2.61. The maximum absolute atomic E-state index is 4.88. The van der Waals surface area contributed by atoms with Gasteiger partial charge in [-0.25, -0.2) is 4.98 Å². The highest BCUT2D eigenvalue weighted by Gasteiger charge is 2.16. The quantitative estimate of drug-likeness (QED) is 0.894. The highest BCUT2D eigenvalue weighted by atomic mass is 32.1. The normalized spacial score (nSPS) is 16.9. The number of thiazole rings is 1. The van der Waals surface area contributed by atoms with E-state index in [9.17, 15) is 0 Å². The summed E-state index contributed by atoms with van der Waals surface area (Å²) in [5, 5.41) is 4.77. The number of hydrogen-bond donors (Lipinski definition) is 1. The van der Waals surface area contributed by atoms with Crippen LogP contribution in [-0.4, -0.2) is 24.1 Å². The van der Waals surface area contributed by atoms with Gasteiger partial charge in [-0.15, -0.1) is 11.3 Å². The van der Waals surface area contributed by atoms with Gasteiger partial charge in [-0.2, -0.15) is 0 Å². The Labute approximate surface area is 121 Å². The minimum atomic E-state index is 0.536. The number of nitrogens with zero attached hydrogens (tertiary/aromatic N) is 2. The molecule has 2 heterocycles. The van der Waals surface area contributed by atoms with Gasteiger partial charge in [0.25, 0.3) is 0 Å². The third-order valence-corrected chi connectivity index (χ3v) is 4.81. The van der Waals surface area contributed by atoms with E-state index in [4.69, 9.17) is 4.98 Å². The summed E-state index contributed by atoms with van der Waals surface area (Å²) in [6, 6.07) is 0.536. The third kappa shape index (κ3) is 4.18. The maximum atomic E-state index is 4.88. The number of nitrogens with one attached hydrogen (secondary N) is 1. The van der Waals surface area contributed by atoms with Crippen LogP contribution < -0.4 is 10.2 Å². The Balaban J connectivity index is 2.08. The lowest BCUT2D eigenvalue weighted by molar-refractivity contribution is 0.590. The van der Waals surface area contributed by atoms with Crippen LogP contribution in [0.4, 0.5) is 5.13 Å². The van der Waals surface area contributed by atoms with E-state index in [0.717, 1.165) is 13.0 Å². The smallest absolute Gasteiger partial charge is 0.185 e. The third-order valence-electron chi connectivity index (χ3n) is 3.65. The molecular weight excluding hydrogens is 254 g/mol. The fraction of sp³-hybridized carbons (Fsp3) is 0.800. The van der Waals surface area contributed by atoms with Crippen molar-refractivity contribution in [3.05, 3.63) is 10.6 Å². The van der Waals surface area contributed by atoms with Gasteiger partial charge in [0.1, 0.15) is 0 Å². The zero-order valence-electron chi connectivity index (χ0n) is 12.5. The second kappa shape index (κ2) is 7.25. The Morgan fingerprint density at radius 2 is 1.89 bits per heavy atom. The maximum Gasteiger partial charge on any atom is 0.185 e. The van der Waals surface area contributed by atoms with E-state index in [1.165, 1.54) is 54.5 Å². The van der Waals surface area contributed by atoms with Gasteiger partial charge in [0, 0.05) is 30.6 Å². The van der Waals surface area contributed by atoms with E-state index in [2.05, 4.69) is 31.0 Å². The predicted molar refractivity (Wildman–Crippen MR) is 84.1 cm³/mol. The van der Waals surface area contributed by atoms with Crippen molar-refractivity contribution in [3.63, 3.8) is 0 Å².